The Hall–Kier alpha value is -2.45. The van der Waals surface area contributed by atoms with E-state index in [2.05, 4.69) is 27.5 Å². The van der Waals surface area contributed by atoms with Gasteiger partial charge in [0, 0.05) is 19.6 Å². The van der Waals surface area contributed by atoms with Crippen molar-refractivity contribution in [1.82, 2.24) is 16.0 Å². The highest BCUT2D eigenvalue weighted by atomic mass is 16.6. The number of hydrogen-bond donors (Lipinski definition) is 4. The number of aliphatic imine (C=N–C) groups is 1. The summed E-state index contributed by atoms with van der Waals surface area (Å²) in [6, 6.07) is 0. The number of amides is 2. The summed E-state index contributed by atoms with van der Waals surface area (Å²) in [5.74, 6) is 0.220. The predicted molar refractivity (Wildman–Crippen MR) is 88.3 cm³/mol. The van der Waals surface area contributed by atoms with Crippen LogP contribution in [0.4, 0.5) is 9.59 Å². The lowest BCUT2D eigenvalue weighted by Crippen LogP contribution is -2.39. The lowest BCUT2D eigenvalue weighted by atomic mass is 10.2. The molecular formula is C14H27N5O4. The summed E-state index contributed by atoms with van der Waals surface area (Å²) in [7, 11) is 0. The number of ether oxygens (including phenoxy) is 2. The molecule has 0 saturated heterocycles. The average molecular weight is 329 g/mol. The standard InChI is InChI=1S/C14H27N5O4/c1-5-10-22-12(20)18-8-6-16-11(15)17-7-9-19-13(21)23-14(2,3)4/h5H,1,6-10H2,2-4H3,(H,18,20)(H,19,21)(H3,15,16,17). The number of nitrogens with one attached hydrogen (secondary N) is 3. The van der Waals surface area contributed by atoms with Crippen molar-refractivity contribution in [3.8, 4) is 0 Å². The van der Waals surface area contributed by atoms with Gasteiger partial charge in [-0.25, -0.2) is 9.59 Å². The predicted octanol–water partition coefficient (Wildman–Crippen LogP) is 0.328. The molecule has 0 saturated carbocycles. The van der Waals surface area contributed by atoms with Gasteiger partial charge in [0.15, 0.2) is 5.96 Å². The highest BCUT2D eigenvalue weighted by Crippen LogP contribution is 2.05. The molecule has 0 spiro atoms. The molecule has 0 aliphatic carbocycles. The third kappa shape index (κ3) is 14.3. The van der Waals surface area contributed by atoms with Crippen LogP contribution in [0.2, 0.25) is 0 Å². The molecule has 0 aromatic rings. The van der Waals surface area contributed by atoms with Crippen LogP contribution < -0.4 is 21.7 Å². The van der Waals surface area contributed by atoms with Crippen LogP contribution in [0.3, 0.4) is 0 Å². The molecule has 9 heteroatoms. The fraction of sp³-hybridized carbons (Fsp3) is 0.643. The van der Waals surface area contributed by atoms with E-state index in [0.29, 0.717) is 26.2 Å². The maximum Gasteiger partial charge on any atom is 0.407 e. The fourth-order valence-corrected chi connectivity index (χ4v) is 1.25. The van der Waals surface area contributed by atoms with Crippen molar-refractivity contribution in [2.45, 2.75) is 26.4 Å². The number of rotatable bonds is 8. The molecule has 0 unspecified atom stereocenters. The Labute approximate surface area is 136 Å². The molecule has 9 nitrogen and oxygen atoms in total. The molecule has 0 atom stereocenters. The molecule has 0 heterocycles. The lowest BCUT2D eigenvalue weighted by molar-refractivity contribution is 0.0529. The van der Waals surface area contributed by atoms with Gasteiger partial charge in [0.1, 0.15) is 12.2 Å². The van der Waals surface area contributed by atoms with Crippen LogP contribution in [0.25, 0.3) is 0 Å². The van der Waals surface area contributed by atoms with Crippen LogP contribution in [-0.4, -0.2) is 56.5 Å². The van der Waals surface area contributed by atoms with Gasteiger partial charge in [-0.15, -0.1) is 0 Å². The van der Waals surface area contributed by atoms with Crippen molar-refractivity contribution in [3.63, 3.8) is 0 Å². The number of nitrogens with zero attached hydrogens (tertiary/aromatic N) is 1. The van der Waals surface area contributed by atoms with E-state index in [4.69, 9.17) is 15.2 Å². The lowest BCUT2D eigenvalue weighted by Gasteiger charge is -2.19. The zero-order valence-electron chi connectivity index (χ0n) is 14.0. The molecular weight excluding hydrogens is 302 g/mol. The Kier molecular flexibility index (Phi) is 9.97. The van der Waals surface area contributed by atoms with Crippen molar-refractivity contribution >= 4 is 18.1 Å². The third-order valence-corrected chi connectivity index (χ3v) is 2.09. The second-order valence-corrected chi connectivity index (χ2v) is 5.44. The normalized spacial score (nSPS) is 11.3. The van der Waals surface area contributed by atoms with Crippen LogP contribution >= 0.6 is 0 Å². The number of carbonyl (C=O) groups excluding carboxylic acids is 2. The van der Waals surface area contributed by atoms with E-state index in [1.54, 1.807) is 20.8 Å². The van der Waals surface area contributed by atoms with Crippen molar-refractivity contribution in [3.05, 3.63) is 12.7 Å². The SMILES string of the molecule is C=CCOC(=O)NCCNC(N)=NCCNC(=O)OC(C)(C)C. The van der Waals surface area contributed by atoms with Gasteiger partial charge in [-0.2, -0.15) is 0 Å². The summed E-state index contributed by atoms with van der Waals surface area (Å²) in [5.41, 5.74) is 5.09. The summed E-state index contributed by atoms with van der Waals surface area (Å²) in [5, 5.41) is 7.90. The summed E-state index contributed by atoms with van der Waals surface area (Å²) in [6.45, 7) is 10.3. The Morgan fingerprint density at radius 1 is 1.13 bits per heavy atom. The molecule has 2 amide bonds. The van der Waals surface area contributed by atoms with Crippen molar-refractivity contribution in [2.24, 2.45) is 10.7 Å². The van der Waals surface area contributed by atoms with Gasteiger partial charge in [-0.1, -0.05) is 12.7 Å². The van der Waals surface area contributed by atoms with E-state index in [0.717, 1.165) is 0 Å². The second-order valence-electron chi connectivity index (χ2n) is 5.44. The van der Waals surface area contributed by atoms with Gasteiger partial charge < -0.3 is 31.2 Å². The number of carbonyl (C=O) groups is 2. The van der Waals surface area contributed by atoms with E-state index in [-0.39, 0.29) is 12.6 Å². The van der Waals surface area contributed by atoms with E-state index in [9.17, 15) is 9.59 Å². The summed E-state index contributed by atoms with van der Waals surface area (Å²) < 4.78 is 9.80. The first-order valence-corrected chi connectivity index (χ1v) is 7.26. The maximum atomic E-state index is 11.4. The molecule has 132 valence electrons. The molecule has 0 radical (unpaired) electrons. The summed E-state index contributed by atoms with van der Waals surface area (Å²) in [6.07, 6.45) is 0.457. The molecule has 23 heavy (non-hydrogen) atoms. The second kappa shape index (κ2) is 11.2. The van der Waals surface area contributed by atoms with Crippen LogP contribution in [0.5, 0.6) is 0 Å². The minimum Gasteiger partial charge on any atom is -0.445 e. The van der Waals surface area contributed by atoms with Gasteiger partial charge in [0.25, 0.3) is 0 Å². The van der Waals surface area contributed by atoms with Crippen LogP contribution in [0, 0.1) is 0 Å². The zero-order valence-corrected chi connectivity index (χ0v) is 14.0. The van der Waals surface area contributed by atoms with Crippen LogP contribution in [0.15, 0.2) is 17.6 Å². The Morgan fingerprint density at radius 3 is 2.35 bits per heavy atom. The third-order valence-electron chi connectivity index (χ3n) is 2.09. The first-order valence-electron chi connectivity index (χ1n) is 7.26. The van der Waals surface area contributed by atoms with Gasteiger partial charge in [-0.3, -0.25) is 4.99 Å². The molecule has 0 aromatic carbocycles. The molecule has 0 aliphatic heterocycles. The van der Waals surface area contributed by atoms with E-state index >= 15 is 0 Å². The van der Waals surface area contributed by atoms with Gasteiger partial charge in [0.05, 0.1) is 6.54 Å². The zero-order chi connectivity index (χ0) is 17.7. The molecule has 0 rings (SSSR count). The van der Waals surface area contributed by atoms with Crippen LogP contribution in [0.1, 0.15) is 20.8 Å². The number of hydrogen-bond acceptors (Lipinski definition) is 5. The van der Waals surface area contributed by atoms with E-state index < -0.39 is 17.8 Å². The number of guanidine groups is 1. The number of nitrogens with two attached hydrogens (primary N) is 1. The Bertz CT molecular complexity index is 418. The minimum absolute atomic E-state index is 0.160. The van der Waals surface area contributed by atoms with Crippen molar-refractivity contribution in [2.75, 3.05) is 32.8 Å². The van der Waals surface area contributed by atoms with Crippen LogP contribution in [-0.2, 0) is 9.47 Å². The molecule has 0 bridgehead atoms. The summed E-state index contributed by atoms with van der Waals surface area (Å²) in [4.78, 5) is 26.5. The first kappa shape index (κ1) is 20.6. The highest BCUT2D eigenvalue weighted by molar-refractivity contribution is 5.78. The topological polar surface area (TPSA) is 127 Å². The molecule has 5 N–H and O–H groups in total. The Morgan fingerprint density at radius 2 is 1.74 bits per heavy atom. The highest BCUT2D eigenvalue weighted by Gasteiger charge is 2.15. The maximum absolute atomic E-state index is 11.4. The van der Waals surface area contributed by atoms with E-state index in [1.165, 1.54) is 6.08 Å². The number of alkyl carbamates (subject to hydrolysis) is 2. The minimum atomic E-state index is -0.534. The molecule has 0 aromatic heterocycles. The van der Waals surface area contributed by atoms with Gasteiger partial charge in [-0.05, 0) is 20.8 Å². The van der Waals surface area contributed by atoms with Crippen molar-refractivity contribution < 1.29 is 19.1 Å². The Balaban J connectivity index is 3.70. The monoisotopic (exact) mass is 329 g/mol. The summed E-state index contributed by atoms with van der Waals surface area (Å²) >= 11 is 0. The largest absolute Gasteiger partial charge is 0.445 e. The first-order chi connectivity index (χ1) is 10.7. The molecule has 0 aliphatic rings. The van der Waals surface area contributed by atoms with Gasteiger partial charge in [0.2, 0.25) is 0 Å². The van der Waals surface area contributed by atoms with Gasteiger partial charge >= 0.3 is 12.2 Å². The fourth-order valence-electron chi connectivity index (χ4n) is 1.25. The van der Waals surface area contributed by atoms with Crippen molar-refractivity contribution in [1.29, 1.82) is 0 Å². The average Bonchev–Trinajstić information content (AvgIpc) is 2.44. The van der Waals surface area contributed by atoms with E-state index in [1.807, 2.05) is 0 Å². The smallest absolute Gasteiger partial charge is 0.407 e. The molecule has 0 fully saturated rings. The quantitative estimate of drug-likeness (QED) is 0.220.